The van der Waals surface area contributed by atoms with Crippen LogP contribution in [0.4, 0.5) is 11.6 Å². The van der Waals surface area contributed by atoms with E-state index in [9.17, 15) is 4.79 Å². The van der Waals surface area contributed by atoms with Gasteiger partial charge in [-0.2, -0.15) is 0 Å². The van der Waals surface area contributed by atoms with Crippen LogP contribution < -0.4 is 21.9 Å². The van der Waals surface area contributed by atoms with E-state index in [4.69, 9.17) is 11.6 Å². The highest BCUT2D eigenvalue weighted by molar-refractivity contribution is 5.84. The molecule has 1 aliphatic rings. The van der Waals surface area contributed by atoms with Gasteiger partial charge in [0, 0.05) is 19.0 Å². The van der Waals surface area contributed by atoms with Gasteiger partial charge < -0.3 is 16.1 Å². The van der Waals surface area contributed by atoms with Gasteiger partial charge in [-0.3, -0.25) is 4.79 Å². The fourth-order valence-corrected chi connectivity index (χ4v) is 2.38. The Morgan fingerprint density at radius 2 is 2.37 bits per heavy atom. The number of nitrogen functional groups attached to an aromatic ring is 1. The van der Waals surface area contributed by atoms with Crippen molar-refractivity contribution in [1.29, 1.82) is 0 Å². The van der Waals surface area contributed by atoms with E-state index < -0.39 is 0 Å². The minimum atomic E-state index is -0.310. The molecule has 0 radical (unpaired) electrons. The van der Waals surface area contributed by atoms with Crippen molar-refractivity contribution in [3.8, 4) is 0 Å². The number of hydrogen-bond donors (Lipinski definition) is 3. The average Bonchev–Trinajstić information content (AvgIpc) is 2.88. The number of rotatable bonds is 5. The summed E-state index contributed by atoms with van der Waals surface area (Å²) in [6.07, 6.45) is 3.43. The highest BCUT2D eigenvalue weighted by Gasteiger charge is 2.30. The van der Waals surface area contributed by atoms with Crippen LogP contribution in [0.15, 0.2) is 6.07 Å². The van der Waals surface area contributed by atoms with Crippen LogP contribution >= 0.6 is 0 Å². The first-order valence-corrected chi connectivity index (χ1v) is 6.56. The zero-order valence-electron chi connectivity index (χ0n) is 11.1. The van der Waals surface area contributed by atoms with Crippen molar-refractivity contribution in [2.45, 2.75) is 38.6 Å². The van der Waals surface area contributed by atoms with Crippen LogP contribution in [-0.4, -0.2) is 28.5 Å². The molecule has 19 heavy (non-hydrogen) atoms. The highest BCUT2D eigenvalue weighted by Crippen LogP contribution is 2.25. The summed E-state index contributed by atoms with van der Waals surface area (Å²) in [5.41, 5.74) is 7.97. The Hall–Kier alpha value is -1.89. The molecule has 1 aliphatic heterocycles. The maximum absolute atomic E-state index is 11.4. The molecule has 1 unspecified atom stereocenters. The van der Waals surface area contributed by atoms with E-state index >= 15 is 0 Å². The minimum Gasteiger partial charge on any atom is -0.368 e. The fourth-order valence-electron chi connectivity index (χ4n) is 2.38. The molecular weight excluding hydrogens is 244 g/mol. The summed E-state index contributed by atoms with van der Waals surface area (Å²) < 4.78 is 0. The number of nitrogens with two attached hydrogens (primary N) is 2. The summed E-state index contributed by atoms with van der Waals surface area (Å²) in [6.45, 7) is 2.84. The molecule has 5 N–H and O–H groups in total. The fraction of sp³-hybridized carbons (Fsp3) is 0.583. The molecule has 1 atom stereocenters. The second-order valence-corrected chi connectivity index (χ2v) is 4.68. The predicted octanol–water partition coefficient (Wildman–Crippen LogP) is 0.169. The molecule has 104 valence electrons. The third kappa shape index (κ3) is 2.93. The summed E-state index contributed by atoms with van der Waals surface area (Å²) in [4.78, 5) is 22.2. The summed E-state index contributed by atoms with van der Waals surface area (Å²) in [7, 11) is 0. The average molecular weight is 264 g/mol. The number of aromatic nitrogens is 2. The normalized spacial score (nSPS) is 18.6. The lowest BCUT2D eigenvalue weighted by molar-refractivity contribution is -0.119. The van der Waals surface area contributed by atoms with Gasteiger partial charge in [0.25, 0.3) is 0 Å². The molecule has 1 aromatic heterocycles. The second kappa shape index (κ2) is 5.83. The lowest BCUT2D eigenvalue weighted by atomic mass is 10.2. The Morgan fingerprint density at radius 3 is 3.00 bits per heavy atom. The van der Waals surface area contributed by atoms with Gasteiger partial charge in [0.15, 0.2) is 0 Å². The molecule has 0 spiro atoms. The number of anilines is 2. The van der Waals surface area contributed by atoms with Crippen LogP contribution in [0, 0.1) is 0 Å². The van der Waals surface area contributed by atoms with Crippen molar-refractivity contribution < 1.29 is 4.79 Å². The summed E-state index contributed by atoms with van der Waals surface area (Å²) >= 11 is 0. The van der Waals surface area contributed by atoms with E-state index in [1.807, 2.05) is 4.90 Å². The number of amides is 1. The van der Waals surface area contributed by atoms with E-state index in [0.29, 0.717) is 11.6 Å². The molecule has 0 aliphatic carbocycles. The SMILES string of the molecule is CCCc1nc(NN)cc(N2CCCC2C(N)=O)n1. The Kier molecular flexibility index (Phi) is 4.16. The first-order valence-electron chi connectivity index (χ1n) is 6.56. The number of nitrogens with one attached hydrogen (secondary N) is 1. The summed E-state index contributed by atoms with van der Waals surface area (Å²) in [5.74, 6) is 7.12. The molecule has 1 aromatic rings. The van der Waals surface area contributed by atoms with Crippen molar-refractivity contribution in [1.82, 2.24) is 9.97 Å². The Balaban J connectivity index is 2.32. The molecular formula is C12H20N6O. The topological polar surface area (TPSA) is 110 Å². The largest absolute Gasteiger partial charge is 0.368 e. The quantitative estimate of drug-likeness (QED) is 0.516. The van der Waals surface area contributed by atoms with Crippen LogP contribution in [0.25, 0.3) is 0 Å². The molecule has 0 aromatic carbocycles. The Bertz CT molecular complexity index is 464. The number of carbonyl (C=O) groups excluding carboxylic acids is 1. The second-order valence-electron chi connectivity index (χ2n) is 4.68. The van der Waals surface area contributed by atoms with E-state index in [1.54, 1.807) is 6.07 Å². The number of nitrogens with zero attached hydrogens (tertiary/aromatic N) is 3. The van der Waals surface area contributed by atoms with Crippen LogP contribution in [0.5, 0.6) is 0 Å². The molecule has 7 heteroatoms. The van der Waals surface area contributed by atoms with E-state index in [2.05, 4.69) is 22.3 Å². The number of primary amides is 1. The number of hydrazine groups is 1. The maximum Gasteiger partial charge on any atom is 0.240 e. The molecule has 2 heterocycles. The summed E-state index contributed by atoms with van der Waals surface area (Å²) in [6, 6.07) is 1.47. The molecule has 0 bridgehead atoms. The lowest BCUT2D eigenvalue weighted by Crippen LogP contribution is -2.41. The van der Waals surface area contributed by atoms with Crippen LogP contribution in [0.2, 0.25) is 0 Å². The van der Waals surface area contributed by atoms with E-state index in [1.165, 1.54) is 0 Å². The first-order chi connectivity index (χ1) is 9.15. The molecule has 1 fully saturated rings. The number of hydrogen-bond acceptors (Lipinski definition) is 6. The highest BCUT2D eigenvalue weighted by atomic mass is 16.1. The molecule has 1 amide bonds. The zero-order chi connectivity index (χ0) is 13.8. The predicted molar refractivity (Wildman–Crippen MR) is 73.4 cm³/mol. The van der Waals surface area contributed by atoms with Crippen molar-refractivity contribution >= 4 is 17.5 Å². The Morgan fingerprint density at radius 1 is 1.58 bits per heavy atom. The monoisotopic (exact) mass is 264 g/mol. The Labute approximate surface area is 112 Å². The van der Waals surface area contributed by atoms with Gasteiger partial charge in [0.05, 0.1) is 0 Å². The molecule has 7 nitrogen and oxygen atoms in total. The van der Waals surface area contributed by atoms with E-state index in [-0.39, 0.29) is 11.9 Å². The smallest absolute Gasteiger partial charge is 0.240 e. The first kappa shape index (κ1) is 13.5. The molecule has 1 saturated heterocycles. The van der Waals surface area contributed by atoms with Crippen LogP contribution in [0.3, 0.4) is 0 Å². The van der Waals surface area contributed by atoms with Crippen LogP contribution in [0.1, 0.15) is 32.0 Å². The third-order valence-corrected chi connectivity index (χ3v) is 3.26. The number of aryl methyl sites for hydroxylation is 1. The van der Waals surface area contributed by atoms with Gasteiger partial charge in [-0.25, -0.2) is 15.8 Å². The molecule has 0 saturated carbocycles. The van der Waals surface area contributed by atoms with Crippen molar-refractivity contribution in [2.75, 3.05) is 16.9 Å². The van der Waals surface area contributed by atoms with Gasteiger partial charge in [-0.15, -0.1) is 0 Å². The lowest BCUT2D eigenvalue weighted by Gasteiger charge is -2.24. The summed E-state index contributed by atoms with van der Waals surface area (Å²) in [5, 5.41) is 0. The maximum atomic E-state index is 11.4. The van der Waals surface area contributed by atoms with Crippen molar-refractivity contribution in [2.24, 2.45) is 11.6 Å². The minimum absolute atomic E-state index is 0.282. The van der Waals surface area contributed by atoms with Gasteiger partial charge >= 0.3 is 0 Å². The molecule has 2 rings (SSSR count). The van der Waals surface area contributed by atoms with Gasteiger partial charge in [-0.05, 0) is 19.3 Å². The van der Waals surface area contributed by atoms with E-state index in [0.717, 1.165) is 38.1 Å². The van der Waals surface area contributed by atoms with Gasteiger partial charge in [-0.1, -0.05) is 6.92 Å². The number of carbonyl (C=O) groups is 1. The third-order valence-electron chi connectivity index (χ3n) is 3.26. The van der Waals surface area contributed by atoms with Crippen molar-refractivity contribution in [3.05, 3.63) is 11.9 Å². The van der Waals surface area contributed by atoms with Gasteiger partial charge in [0.1, 0.15) is 23.5 Å². The zero-order valence-corrected chi connectivity index (χ0v) is 11.1. The van der Waals surface area contributed by atoms with Crippen LogP contribution in [-0.2, 0) is 11.2 Å². The van der Waals surface area contributed by atoms with Crippen molar-refractivity contribution in [3.63, 3.8) is 0 Å². The van der Waals surface area contributed by atoms with Gasteiger partial charge in [0.2, 0.25) is 5.91 Å². The standard InChI is InChI=1S/C12H20N6O/c1-2-4-9-15-10(17-14)7-11(16-9)18-6-3-5-8(18)12(13)19/h7-8H,2-6,14H2,1H3,(H2,13,19)(H,15,16,17).